The average molecular weight is 432 g/mol. The molecule has 4 rings (SSSR count). The lowest BCUT2D eigenvalue weighted by atomic mass is 10.1. The summed E-state index contributed by atoms with van der Waals surface area (Å²) in [5.41, 5.74) is 1.63. The summed E-state index contributed by atoms with van der Waals surface area (Å²) in [6.07, 6.45) is 3.23. The lowest BCUT2D eigenvalue weighted by Crippen LogP contribution is -2.40. The van der Waals surface area contributed by atoms with Crippen molar-refractivity contribution < 1.29 is 17.6 Å². The summed E-state index contributed by atoms with van der Waals surface area (Å²) in [6, 6.07) is 11.4. The van der Waals surface area contributed by atoms with Crippen molar-refractivity contribution in [3.05, 3.63) is 59.0 Å². The number of nitrogens with zero attached hydrogens (tertiary/aromatic N) is 1. The molecule has 162 valence electrons. The van der Waals surface area contributed by atoms with Crippen LogP contribution in [0, 0.1) is 5.92 Å². The molecule has 7 nitrogen and oxygen atoms in total. The van der Waals surface area contributed by atoms with Gasteiger partial charge in [-0.25, -0.2) is 17.9 Å². The van der Waals surface area contributed by atoms with Crippen molar-refractivity contribution in [2.45, 2.75) is 57.0 Å². The van der Waals surface area contributed by atoms with E-state index in [0.29, 0.717) is 30.5 Å². The van der Waals surface area contributed by atoms with Crippen molar-refractivity contribution in [1.29, 1.82) is 0 Å². The standard InChI is InChI=1S/C22H29N3O4S/c1-15-11-20(15)21-10-9-19(29-21)13-25(18-7-8-18)22(26)24-12-16-3-5-17(6-4-16)14-30(27,28)23-2/h3-6,9-10,15,18,20,23H,7-8,11-14H2,1-2H3,(H,24,26). The molecule has 2 saturated carbocycles. The Morgan fingerprint density at radius 1 is 1.13 bits per heavy atom. The number of carbonyl (C=O) groups is 1. The number of amides is 2. The van der Waals surface area contributed by atoms with Gasteiger partial charge in [0.25, 0.3) is 0 Å². The molecule has 2 aliphatic rings. The molecule has 0 spiro atoms. The van der Waals surface area contributed by atoms with Crippen molar-refractivity contribution in [2.75, 3.05) is 7.05 Å². The Kier molecular flexibility index (Phi) is 5.88. The first-order valence-electron chi connectivity index (χ1n) is 10.5. The maximum Gasteiger partial charge on any atom is 0.318 e. The molecule has 1 aromatic carbocycles. The Morgan fingerprint density at radius 3 is 2.40 bits per heavy atom. The van der Waals surface area contributed by atoms with E-state index >= 15 is 0 Å². The van der Waals surface area contributed by atoms with Gasteiger partial charge in [0.1, 0.15) is 11.5 Å². The molecule has 2 aliphatic carbocycles. The smallest absolute Gasteiger partial charge is 0.318 e. The molecule has 8 heteroatoms. The van der Waals surface area contributed by atoms with Gasteiger partial charge < -0.3 is 14.6 Å². The van der Waals surface area contributed by atoms with Gasteiger partial charge in [0.2, 0.25) is 10.0 Å². The lowest BCUT2D eigenvalue weighted by Gasteiger charge is -2.22. The highest BCUT2D eigenvalue weighted by Gasteiger charge is 2.37. The zero-order valence-corrected chi connectivity index (χ0v) is 18.2. The van der Waals surface area contributed by atoms with Crippen molar-refractivity contribution in [1.82, 2.24) is 14.9 Å². The van der Waals surface area contributed by atoms with Crippen LogP contribution in [0.25, 0.3) is 0 Å². The maximum atomic E-state index is 12.8. The van der Waals surface area contributed by atoms with Gasteiger partial charge in [-0.2, -0.15) is 0 Å². The van der Waals surface area contributed by atoms with E-state index in [1.54, 1.807) is 12.1 Å². The quantitative estimate of drug-likeness (QED) is 0.637. The van der Waals surface area contributed by atoms with Crippen molar-refractivity contribution in [2.24, 2.45) is 5.92 Å². The van der Waals surface area contributed by atoms with Crippen LogP contribution in [0.3, 0.4) is 0 Å². The minimum atomic E-state index is -3.29. The van der Waals surface area contributed by atoms with Crippen LogP contribution < -0.4 is 10.0 Å². The number of furan rings is 1. The molecular formula is C22H29N3O4S. The fourth-order valence-electron chi connectivity index (χ4n) is 3.64. The fourth-order valence-corrected chi connectivity index (χ4v) is 4.42. The van der Waals surface area contributed by atoms with Crippen molar-refractivity contribution in [3.8, 4) is 0 Å². The van der Waals surface area contributed by atoms with E-state index in [0.717, 1.165) is 29.9 Å². The fraction of sp³-hybridized carbons (Fsp3) is 0.500. The third kappa shape index (κ3) is 5.23. The lowest BCUT2D eigenvalue weighted by molar-refractivity contribution is 0.186. The zero-order chi connectivity index (χ0) is 21.3. The second-order valence-electron chi connectivity index (χ2n) is 8.42. The van der Waals surface area contributed by atoms with E-state index in [4.69, 9.17) is 4.42 Å². The molecule has 0 radical (unpaired) electrons. The number of urea groups is 1. The van der Waals surface area contributed by atoms with Gasteiger partial charge in [0.05, 0.1) is 12.3 Å². The molecule has 2 N–H and O–H groups in total. The number of benzene rings is 1. The second-order valence-corrected chi connectivity index (χ2v) is 10.3. The summed E-state index contributed by atoms with van der Waals surface area (Å²) in [5.74, 6) is 3.04. The highest BCUT2D eigenvalue weighted by Crippen LogP contribution is 2.47. The maximum absolute atomic E-state index is 12.8. The normalized spacial score (nSPS) is 20.7. The average Bonchev–Trinajstić information content (AvgIpc) is 3.65. The molecule has 30 heavy (non-hydrogen) atoms. The van der Waals surface area contributed by atoms with E-state index in [9.17, 15) is 13.2 Å². The Bertz CT molecular complexity index is 996. The predicted octanol–water partition coefficient (Wildman–Crippen LogP) is 3.33. The van der Waals surface area contributed by atoms with Gasteiger partial charge in [-0.1, -0.05) is 31.2 Å². The summed E-state index contributed by atoms with van der Waals surface area (Å²) in [7, 11) is -1.89. The number of sulfonamides is 1. The monoisotopic (exact) mass is 431 g/mol. The highest BCUT2D eigenvalue weighted by atomic mass is 32.2. The largest absolute Gasteiger partial charge is 0.464 e. The molecule has 2 fully saturated rings. The number of hydrogen-bond acceptors (Lipinski definition) is 4. The summed E-state index contributed by atoms with van der Waals surface area (Å²) in [6.45, 7) is 3.10. The number of rotatable bonds is 9. The number of nitrogens with one attached hydrogen (secondary N) is 2. The SMILES string of the molecule is CNS(=O)(=O)Cc1ccc(CNC(=O)N(Cc2ccc(C3CC3C)o2)C2CC2)cc1. The van der Waals surface area contributed by atoms with E-state index in [1.807, 2.05) is 29.2 Å². The van der Waals surface area contributed by atoms with E-state index in [2.05, 4.69) is 17.0 Å². The van der Waals surface area contributed by atoms with Crippen LogP contribution >= 0.6 is 0 Å². The summed E-state index contributed by atoms with van der Waals surface area (Å²) >= 11 is 0. The second kappa shape index (κ2) is 8.43. The van der Waals surface area contributed by atoms with Crippen LogP contribution in [0.1, 0.15) is 54.8 Å². The molecule has 2 aromatic rings. The summed E-state index contributed by atoms with van der Waals surface area (Å²) < 4.78 is 31.6. The first kappa shape index (κ1) is 20.9. The molecular weight excluding hydrogens is 402 g/mol. The molecule has 0 aliphatic heterocycles. The first-order chi connectivity index (χ1) is 14.3. The number of carbonyl (C=O) groups excluding carboxylic acids is 1. The van der Waals surface area contributed by atoms with Crippen molar-refractivity contribution >= 4 is 16.1 Å². The first-order valence-corrected chi connectivity index (χ1v) is 12.1. The van der Waals surface area contributed by atoms with Gasteiger partial charge in [0.15, 0.2) is 0 Å². The molecule has 0 saturated heterocycles. The van der Waals surface area contributed by atoms with Gasteiger partial charge in [0, 0.05) is 18.5 Å². The molecule has 0 bridgehead atoms. The van der Waals surface area contributed by atoms with Crippen LogP contribution in [0.4, 0.5) is 4.79 Å². The Morgan fingerprint density at radius 2 is 1.80 bits per heavy atom. The Labute approximate surface area is 177 Å². The molecule has 2 unspecified atom stereocenters. The highest BCUT2D eigenvalue weighted by molar-refractivity contribution is 7.88. The van der Waals surface area contributed by atoms with E-state index in [-0.39, 0.29) is 17.8 Å². The summed E-state index contributed by atoms with van der Waals surface area (Å²) in [4.78, 5) is 14.6. The topological polar surface area (TPSA) is 91.7 Å². The van der Waals surface area contributed by atoms with Crippen LogP contribution in [0.2, 0.25) is 0 Å². The third-order valence-electron chi connectivity index (χ3n) is 5.87. The molecule has 2 atom stereocenters. The Balaban J connectivity index is 1.32. The van der Waals surface area contributed by atoms with Crippen LogP contribution in [0.15, 0.2) is 40.8 Å². The van der Waals surface area contributed by atoms with Gasteiger partial charge >= 0.3 is 6.03 Å². The zero-order valence-electron chi connectivity index (χ0n) is 17.4. The molecule has 2 amide bonds. The number of hydrogen-bond donors (Lipinski definition) is 2. The minimum Gasteiger partial charge on any atom is -0.464 e. The van der Waals surface area contributed by atoms with Gasteiger partial charge in [-0.3, -0.25) is 0 Å². The molecule has 1 heterocycles. The predicted molar refractivity (Wildman–Crippen MR) is 114 cm³/mol. The van der Waals surface area contributed by atoms with E-state index < -0.39 is 10.0 Å². The van der Waals surface area contributed by atoms with Gasteiger partial charge in [-0.05, 0) is 55.5 Å². The van der Waals surface area contributed by atoms with Crippen LogP contribution in [-0.2, 0) is 28.9 Å². The van der Waals surface area contributed by atoms with Crippen LogP contribution in [-0.4, -0.2) is 32.4 Å². The minimum absolute atomic E-state index is 0.0592. The van der Waals surface area contributed by atoms with E-state index in [1.165, 1.54) is 13.5 Å². The summed E-state index contributed by atoms with van der Waals surface area (Å²) in [5, 5.41) is 2.98. The molecule has 1 aromatic heterocycles. The Hall–Kier alpha value is -2.32. The van der Waals surface area contributed by atoms with Crippen molar-refractivity contribution in [3.63, 3.8) is 0 Å². The van der Waals surface area contributed by atoms with Gasteiger partial charge in [-0.15, -0.1) is 0 Å². The third-order valence-corrected chi connectivity index (χ3v) is 7.20. The van der Waals surface area contributed by atoms with Crippen LogP contribution in [0.5, 0.6) is 0 Å².